The summed E-state index contributed by atoms with van der Waals surface area (Å²) in [6, 6.07) is 13.1. The third-order valence-corrected chi connectivity index (χ3v) is 7.43. The minimum Gasteiger partial charge on any atom is -0.477 e. The van der Waals surface area contributed by atoms with Gasteiger partial charge in [-0.3, -0.25) is 4.79 Å². The maximum absolute atomic E-state index is 13.0. The molecule has 0 saturated carbocycles. The molecule has 4 aromatic rings. The third-order valence-electron chi connectivity index (χ3n) is 7.43. The summed E-state index contributed by atoms with van der Waals surface area (Å²) in [6.45, 7) is 5.53. The molecular formula is C31H34N6O5. The van der Waals surface area contributed by atoms with Crippen molar-refractivity contribution >= 4 is 23.6 Å². The number of ether oxygens (including phenoxy) is 1. The van der Waals surface area contributed by atoms with Crippen LogP contribution in [0.25, 0.3) is 5.78 Å². The lowest BCUT2D eigenvalue weighted by atomic mass is 9.98. The standard InChI is InChI=1S/C21H19N5O5.C9H11N.CH4/c1-3-8-31-20(30)13-4-5-14-12(11(13)2)6-7-15(14)24-18(27)17-9-16(19(28)29)25-21-22-10-23-26(17)21;10-9-6-5-7-3-1-2-4-8(7)9;/h3-5,9-10,15H,1,6-8H2,2H3,(H,24,27)(H,28,29);1-4,9H,5-6,10H2;1H4/t15-;9-;/m00./s1. The molecule has 2 aromatic carbocycles. The highest BCUT2D eigenvalue weighted by Gasteiger charge is 2.29. The zero-order valence-corrected chi connectivity index (χ0v) is 22.5. The summed E-state index contributed by atoms with van der Waals surface area (Å²) in [7, 11) is 0. The van der Waals surface area contributed by atoms with Gasteiger partial charge in [0.2, 0.25) is 0 Å². The average Bonchev–Trinajstić information content (AvgIpc) is 3.71. The Kier molecular flexibility index (Phi) is 9.12. The van der Waals surface area contributed by atoms with Crippen LogP contribution in [0, 0.1) is 6.92 Å². The number of nitrogens with two attached hydrogens (primary N) is 1. The highest BCUT2D eigenvalue weighted by atomic mass is 16.5. The van der Waals surface area contributed by atoms with Crippen LogP contribution >= 0.6 is 0 Å². The maximum Gasteiger partial charge on any atom is 0.354 e. The van der Waals surface area contributed by atoms with Crippen molar-refractivity contribution < 1.29 is 24.2 Å². The first kappa shape index (κ1) is 30.1. The Morgan fingerprint density at radius 2 is 1.95 bits per heavy atom. The number of nitrogens with one attached hydrogen (secondary N) is 1. The number of hydrogen-bond acceptors (Lipinski definition) is 8. The number of nitrogens with zero attached hydrogens (tertiary/aromatic N) is 4. The summed E-state index contributed by atoms with van der Waals surface area (Å²) in [5.74, 6) is -2.16. The second-order valence-corrected chi connectivity index (χ2v) is 9.91. The van der Waals surface area contributed by atoms with Crippen LogP contribution in [-0.2, 0) is 17.6 Å². The Bertz CT molecular complexity index is 1660. The molecule has 218 valence electrons. The predicted molar refractivity (Wildman–Crippen MR) is 156 cm³/mol. The second-order valence-electron chi connectivity index (χ2n) is 9.91. The number of aromatic carboxylic acids is 1. The second kappa shape index (κ2) is 12.7. The van der Waals surface area contributed by atoms with E-state index in [-0.39, 0.29) is 37.2 Å². The lowest BCUT2D eigenvalue weighted by Crippen LogP contribution is -2.29. The number of carbonyl (C=O) groups is 3. The Morgan fingerprint density at radius 3 is 2.69 bits per heavy atom. The van der Waals surface area contributed by atoms with Crippen molar-refractivity contribution in [3.8, 4) is 0 Å². The molecule has 2 aliphatic carbocycles. The van der Waals surface area contributed by atoms with Gasteiger partial charge in [-0.05, 0) is 66.5 Å². The Balaban J connectivity index is 0.000000309. The topological polar surface area (TPSA) is 162 Å². The van der Waals surface area contributed by atoms with Crippen molar-refractivity contribution in [3.05, 3.63) is 106 Å². The lowest BCUT2D eigenvalue weighted by Gasteiger charge is -2.16. The van der Waals surface area contributed by atoms with E-state index in [1.807, 2.05) is 13.0 Å². The molecule has 2 aromatic heterocycles. The number of carboxylic acids is 1. The number of carbonyl (C=O) groups excluding carboxylic acids is 2. The van der Waals surface area contributed by atoms with Gasteiger partial charge >= 0.3 is 11.9 Å². The maximum atomic E-state index is 13.0. The largest absolute Gasteiger partial charge is 0.477 e. The van der Waals surface area contributed by atoms with Gasteiger partial charge in [-0.2, -0.15) is 14.6 Å². The molecule has 0 saturated heterocycles. The molecule has 4 N–H and O–H groups in total. The first-order chi connectivity index (χ1) is 19.8. The van der Waals surface area contributed by atoms with Crippen LogP contribution < -0.4 is 11.1 Å². The molecular weight excluding hydrogens is 536 g/mol. The number of esters is 1. The summed E-state index contributed by atoms with van der Waals surface area (Å²) in [6.07, 6.45) is 6.32. The summed E-state index contributed by atoms with van der Waals surface area (Å²) in [5.41, 5.74) is 11.6. The van der Waals surface area contributed by atoms with Crippen molar-refractivity contribution in [1.29, 1.82) is 0 Å². The zero-order valence-electron chi connectivity index (χ0n) is 22.5. The smallest absolute Gasteiger partial charge is 0.354 e. The summed E-state index contributed by atoms with van der Waals surface area (Å²) < 4.78 is 6.33. The molecule has 42 heavy (non-hydrogen) atoms. The first-order valence-electron chi connectivity index (χ1n) is 13.3. The molecule has 2 atom stereocenters. The van der Waals surface area contributed by atoms with E-state index in [1.165, 1.54) is 34.1 Å². The van der Waals surface area contributed by atoms with E-state index in [0.717, 1.165) is 29.5 Å². The van der Waals surface area contributed by atoms with E-state index < -0.39 is 17.8 Å². The lowest BCUT2D eigenvalue weighted by molar-refractivity contribution is 0.0548. The van der Waals surface area contributed by atoms with Crippen molar-refractivity contribution in [3.63, 3.8) is 0 Å². The molecule has 6 rings (SSSR count). The van der Waals surface area contributed by atoms with Crippen LogP contribution in [0.5, 0.6) is 0 Å². The number of amides is 1. The fourth-order valence-electron chi connectivity index (χ4n) is 5.37. The van der Waals surface area contributed by atoms with Gasteiger partial charge in [-0.15, -0.1) is 0 Å². The van der Waals surface area contributed by atoms with E-state index in [4.69, 9.17) is 10.5 Å². The van der Waals surface area contributed by atoms with Crippen LogP contribution in [0.15, 0.2) is 61.4 Å². The quantitative estimate of drug-likeness (QED) is 0.228. The van der Waals surface area contributed by atoms with E-state index in [2.05, 4.69) is 51.2 Å². The van der Waals surface area contributed by atoms with Gasteiger partial charge in [0.05, 0.1) is 11.6 Å². The third kappa shape index (κ3) is 5.91. The summed E-state index contributed by atoms with van der Waals surface area (Å²) in [4.78, 5) is 44.3. The van der Waals surface area contributed by atoms with Gasteiger partial charge in [-0.25, -0.2) is 14.6 Å². The normalized spacial score (nSPS) is 16.3. The molecule has 11 nitrogen and oxygen atoms in total. The van der Waals surface area contributed by atoms with E-state index in [1.54, 1.807) is 6.07 Å². The van der Waals surface area contributed by atoms with Gasteiger partial charge < -0.3 is 20.9 Å². The van der Waals surface area contributed by atoms with Crippen molar-refractivity contribution in [2.75, 3.05) is 6.61 Å². The number of carboxylic acid groups (broad SMARTS) is 1. The van der Waals surface area contributed by atoms with E-state index >= 15 is 0 Å². The molecule has 1 amide bonds. The van der Waals surface area contributed by atoms with Gasteiger partial charge in [0, 0.05) is 12.1 Å². The minimum absolute atomic E-state index is 0. The fourth-order valence-corrected chi connectivity index (χ4v) is 5.37. The van der Waals surface area contributed by atoms with E-state index in [9.17, 15) is 19.5 Å². The fraction of sp³-hybridized carbons (Fsp3) is 0.290. The van der Waals surface area contributed by atoms with Gasteiger partial charge in [-0.1, -0.05) is 50.4 Å². The molecule has 11 heteroatoms. The number of aromatic nitrogens is 4. The molecule has 2 heterocycles. The Morgan fingerprint density at radius 1 is 1.17 bits per heavy atom. The number of aryl methyl sites for hydroxylation is 1. The first-order valence-corrected chi connectivity index (χ1v) is 13.3. The monoisotopic (exact) mass is 570 g/mol. The highest BCUT2D eigenvalue weighted by molar-refractivity contribution is 5.96. The SMILES string of the molecule is C.C=CCOC(=O)c1ccc2c(c1C)CC[C@@H]2NC(=O)c1cc(C(=O)O)nc2ncnn12.N[C@H]1CCc2ccccc21. The number of fused-ring (bicyclic) bond motifs is 3. The Labute approximate surface area is 243 Å². The number of benzene rings is 2. The number of hydrogen-bond donors (Lipinski definition) is 3. The molecule has 0 radical (unpaired) electrons. The van der Waals surface area contributed by atoms with Crippen molar-refractivity contribution in [1.82, 2.24) is 24.9 Å². The summed E-state index contributed by atoms with van der Waals surface area (Å²) in [5, 5.41) is 16.2. The highest BCUT2D eigenvalue weighted by Crippen LogP contribution is 2.35. The molecule has 0 aliphatic heterocycles. The molecule has 0 bridgehead atoms. The zero-order chi connectivity index (χ0) is 29.1. The van der Waals surface area contributed by atoms with Gasteiger partial charge in [0.25, 0.3) is 11.7 Å². The molecule has 0 fully saturated rings. The molecule has 2 aliphatic rings. The molecule has 0 unspecified atom stereocenters. The van der Waals surface area contributed by atoms with Crippen LogP contribution in [-0.4, -0.2) is 49.1 Å². The van der Waals surface area contributed by atoms with Crippen LogP contribution in [0.2, 0.25) is 0 Å². The van der Waals surface area contributed by atoms with Gasteiger partial charge in [0.1, 0.15) is 18.6 Å². The van der Waals surface area contributed by atoms with Crippen molar-refractivity contribution in [2.24, 2.45) is 5.73 Å². The average molecular weight is 571 g/mol. The molecule has 0 spiro atoms. The predicted octanol–water partition coefficient (Wildman–Crippen LogP) is 4.16. The van der Waals surface area contributed by atoms with Crippen LogP contribution in [0.4, 0.5) is 0 Å². The minimum atomic E-state index is -1.27. The van der Waals surface area contributed by atoms with Crippen molar-refractivity contribution in [2.45, 2.75) is 52.1 Å². The Hall–Kier alpha value is -4.90. The van der Waals surface area contributed by atoms with Crippen LogP contribution in [0.3, 0.4) is 0 Å². The van der Waals surface area contributed by atoms with Crippen LogP contribution in [0.1, 0.15) is 91.5 Å². The van der Waals surface area contributed by atoms with Gasteiger partial charge in [0.15, 0.2) is 5.69 Å². The van der Waals surface area contributed by atoms with E-state index in [0.29, 0.717) is 24.4 Å². The number of rotatable bonds is 6. The summed E-state index contributed by atoms with van der Waals surface area (Å²) >= 11 is 0.